The molecule has 2 rings (SSSR count). The molecule has 0 radical (unpaired) electrons. The Morgan fingerprint density at radius 1 is 0.941 bits per heavy atom. The number of hydrogen-bond acceptors (Lipinski definition) is 1. The smallest absolute Gasteiger partial charge is 0.146 e. The molecule has 0 saturated heterocycles. The molecule has 0 aliphatic rings. The van der Waals surface area contributed by atoms with E-state index >= 15 is 0 Å². The van der Waals surface area contributed by atoms with Gasteiger partial charge in [-0.1, -0.05) is 35.9 Å². The summed E-state index contributed by atoms with van der Waals surface area (Å²) in [5.41, 5.74) is 4.00. The highest BCUT2D eigenvalue weighted by atomic mass is 19.1. The number of nitrogens with one attached hydrogen (secondary N) is 1. The van der Waals surface area contributed by atoms with Crippen LogP contribution >= 0.6 is 0 Å². The maximum Gasteiger partial charge on any atom is 0.146 e. The third-order valence-corrected chi connectivity index (χ3v) is 2.73. The van der Waals surface area contributed by atoms with Crippen LogP contribution in [0.15, 0.2) is 42.5 Å². The summed E-state index contributed by atoms with van der Waals surface area (Å²) in [6.45, 7) is 4.65. The molecule has 0 amide bonds. The molecule has 0 unspecified atom stereocenters. The highest BCUT2D eigenvalue weighted by Crippen LogP contribution is 2.16. The molecule has 0 aliphatic carbocycles. The Morgan fingerprint density at radius 2 is 1.59 bits per heavy atom. The zero-order chi connectivity index (χ0) is 12.3. The van der Waals surface area contributed by atoms with E-state index in [9.17, 15) is 4.39 Å². The Kier molecular flexibility index (Phi) is 3.43. The lowest BCUT2D eigenvalue weighted by atomic mass is 10.1. The van der Waals surface area contributed by atoms with Crippen LogP contribution in [0.3, 0.4) is 0 Å². The van der Waals surface area contributed by atoms with Gasteiger partial charge in [-0.05, 0) is 37.1 Å². The summed E-state index contributed by atoms with van der Waals surface area (Å²) in [6, 6.07) is 13.3. The quantitative estimate of drug-likeness (QED) is 0.837. The molecule has 2 heteroatoms. The molecule has 0 bridgehead atoms. The Hall–Kier alpha value is -1.83. The second-order valence-electron chi connectivity index (χ2n) is 4.32. The molecule has 0 fully saturated rings. The van der Waals surface area contributed by atoms with Gasteiger partial charge >= 0.3 is 0 Å². The molecule has 0 atom stereocenters. The Balaban J connectivity index is 2.07. The molecular formula is C15H16FN. The van der Waals surface area contributed by atoms with Crippen LogP contribution in [0.2, 0.25) is 0 Å². The highest BCUT2D eigenvalue weighted by molar-refractivity contribution is 5.47. The molecule has 2 aromatic carbocycles. The predicted octanol–water partition coefficient (Wildman–Crippen LogP) is 4.05. The van der Waals surface area contributed by atoms with E-state index in [0.29, 0.717) is 12.2 Å². The second-order valence-corrected chi connectivity index (χ2v) is 4.32. The van der Waals surface area contributed by atoms with Gasteiger partial charge in [-0.2, -0.15) is 0 Å². The molecule has 0 aromatic heterocycles. The number of hydrogen-bond donors (Lipinski definition) is 1. The Labute approximate surface area is 101 Å². The molecule has 1 N–H and O–H groups in total. The van der Waals surface area contributed by atoms with Crippen LogP contribution in [0.1, 0.15) is 16.7 Å². The first-order valence-corrected chi connectivity index (χ1v) is 5.71. The topological polar surface area (TPSA) is 12.0 Å². The molecule has 0 heterocycles. The van der Waals surface area contributed by atoms with Crippen molar-refractivity contribution in [2.75, 3.05) is 5.32 Å². The molecule has 88 valence electrons. The van der Waals surface area contributed by atoms with Crippen molar-refractivity contribution < 1.29 is 4.39 Å². The molecule has 0 aliphatic heterocycles. The summed E-state index contributed by atoms with van der Waals surface area (Å²) < 4.78 is 13.5. The van der Waals surface area contributed by atoms with Crippen LogP contribution in [-0.4, -0.2) is 0 Å². The van der Waals surface area contributed by atoms with E-state index in [2.05, 4.69) is 36.5 Å². The summed E-state index contributed by atoms with van der Waals surface area (Å²) in [5.74, 6) is -0.206. The van der Waals surface area contributed by atoms with Gasteiger partial charge in [0.15, 0.2) is 0 Å². The van der Waals surface area contributed by atoms with Gasteiger partial charge in [0.05, 0.1) is 5.69 Å². The van der Waals surface area contributed by atoms with Crippen molar-refractivity contribution in [2.45, 2.75) is 20.4 Å². The average molecular weight is 229 g/mol. The van der Waals surface area contributed by atoms with E-state index in [-0.39, 0.29) is 5.82 Å². The number of benzene rings is 2. The van der Waals surface area contributed by atoms with Crippen LogP contribution in [-0.2, 0) is 6.54 Å². The first-order chi connectivity index (χ1) is 8.15. The maximum atomic E-state index is 13.5. The Bertz CT molecular complexity index is 503. The van der Waals surface area contributed by atoms with Crippen molar-refractivity contribution >= 4 is 5.69 Å². The zero-order valence-electron chi connectivity index (χ0n) is 10.1. The van der Waals surface area contributed by atoms with E-state index in [1.807, 2.05) is 13.0 Å². The van der Waals surface area contributed by atoms with Crippen molar-refractivity contribution in [1.82, 2.24) is 0 Å². The molecular weight excluding hydrogens is 213 g/mol. The minimum Gasteiger partial charge on any atom is -0.379 e. The lowest BCUT2D eigenvalue weighted by Crippen LogP contribution is -2.01. The number of rotatable bonds is 3. The van der Waals surface area contributed by atoms with E-state index < -0.39 is 0 Å². The second kappa shape index (κ2) is 5.00. The van der Waals surface area contributed by atoms with Crippen LogP contribution < -0.4 is 5.32 Å². The third-order valence-electron chi connectivity index (χ3n) is 2.73. The van der Waals surface area contributed by atoms with Crippen molar-refractivity contribution in [1.29, 1.82) is 0 Å². The third kappa shape index (κ3) is 3.06. The van der Waals surface area contributed by atoms with E-state index in [0.717, 1.165) is 11.1 Å². The van der Waals surface area contributed by atoms with Crippen LogP contribution in [0.5, 0.6) is 0 Å². The minimum atomic E-state index is -0.206. The van der Waals surface area contributed by atoms with E-state index in [1.165, 1.54) is 11.6 Å². The van der Waals surface area contributed by atoms with E-state index in [1.54, 1.807) is 6.07 Å². The fourth-order valence-electron chi connectivity index (χ4n) is 1.68. The molecule has 0 saturated carbocycles. The maximum absolute atomic E-state index is 13.5. The number of aryl methyl sites for hydroxylation is 2. The van der Waals surface area contributed by atoms with Crippen LogP contribution in [0, 0.1) is 19.7 Å². The predicted molar refractivity (Wildman–Crippen MR) is 69.6 cm³/mol. The van der Waals surface area contributed by atoms with E-state index in [4.69, 9.17) is 0 Å². The number of anilines is 1. The summed E-state index contributed by atoms with van der Waals surface area (Å²) in [6.07, 6.45) is 0. The number of halogens is 1. The zero-order valence-corrected chi connectivity index (χ0v) is 10.1. The van der Waals surface area contributed by atoms with Crippen LogP contribution in [0.4, 0.5) is 10.1 Å². The highest BCUT2D eigenvalue weighted by Gasteiger charge is 2.01. The molecule has 2 aromatic rings. The van der Waals surface area contributed by atoms with Gasteiger partial charge < -0.3 is 5.32 Å². The molecule has 17 heavy (non-hydrogen) atoms. The average Bonchev–Trinajstić information content (AvgIpc) is 2.32. The first-order valence-electron chi connectivity index (χ1n) is 5.71. The van der Waals surface area contributed by atoms with Gasteiger partial charge in [0.2, 0.25) is 0 Å². The minimum absolute atomic E-state index is 0.206. The van der Waals surface area contributed by atoms with Crippen molar-refractivity contribution in [2.24, 2.45) is 0 Å². The summed E-state index contributed by atoms with van der Waals surface area (Å²) >= 11 is 0. The fourth-order valence-corrected chi connectivity index (χ4v) is 1.68. The van der Waals surface area contributed by atoms with Gasteiger partial charge in [-0.25, -0.2) is 4.39 Å². The SMILES string of the molecule is Cc1ccc(CNc2cc(C)ccc2F)cc1. The van der Waals surface area contributed by atoms with Gasteiger partial charge in [-0.15, -0.1) is 0 Å². The Morgan fingerprint density at radius 3 is 2.29 bits per heavy atom. The van der Waals surface area contributed by atoms with Gasteiger partial charge in [0, 0.05) is 6.54 Å². The van der Waals surface area contributed by atoms with Crippen molar-refractivity contribution in [3.05, 3.63) is 65.0 Å². The van der Waals surface area contributed by atoms with Gasteiger partial charge in [0.1, 0.15) is 5.82 Å². The van der Waals surface area contributed by atoms with Crippen molar-refractivity contribution in [3.63, 3.8) is 0 Å². The lowest BCUT2D eigenvalue weighted by Gasteiger charge is -2.08. The molecule has 0 spiro atoms. The van der Waals surface area contributed by atoms with Gasteiger partial charge in [0.25, 0.3) is 0 Å². The lowest BCUT2D eigenvalue weighted by molar-refractivity contribution is 0.629. The summed E-state index contributed by atoms with van der Waals surface area (Å²) in [4.78, 5) is 0. The first kappa shape index (κ1) is 11.6. The molecule has 1 nitrogen and oxygen atoms in total. The normalized spacial score (nSPS) is 10.3. The van der Waals surface area contributed by atoms with Gasteiger partial charge in [-0.3, -0.25) is 0 Å². The summed E-state index contributed by atoms with van der Waals surface area (Å²) in [5, 5.41) is 3.11. The van der Waals surface area contributed by atoms with Crippen LogP contribution in [0.25, 0.3) is 0 Å². The van der Waals surface area contributed by atoms with Crippen molar-refractivity contribution in [3.8, 4) is 0 Å². The monoisotopic (exact) mass is 229 g/mol. The standard InChI is InChI=1S/C15H16FN/c1-11-3-6-13(7-4-11)10-17-15-9-12(2)5-8-14(15)16/h3-9,17H,10H2,1-2H3. The largest absolute Gasteiger partial charge is 0.379 e. The summed E-state index contributed by atoms with van der Waals surface area (Å²) in [7, 11) is 0. The fraction of sp³-hybridized carbons (Fsp3) is 0.200.